The first-order valence-corrected chi connectivity index (χ1v) is 3.75. The number of ether oxygens (including phenoxy) is 2. The Morgan fingerprint density at radius 1 is 1.43 bits per heavy atom. The van der Waals surface area contributed by atoms with Crippen LogP contribution in [0.5, 0.6) is 11.5 Å². The fraction of sp³-hybridized carbons (Fsp3) is 0.125. The monoisotopic (exact) mass is 195 g/mol. The number of rotatable bonds is 2. The maximum absolute atomic E-state index is 10.6. The lowest BCUT2D eigenvalue weighted by Crippen LogP contribution is -1.95. The highest BCUT2D eigenvalue weighted by molar-refractivity contribution is 5.79. The molecule has 72 valence electrons. The van der Waals surface area contributed by atoms with E-state index >= 15 is 0 Å². The van der Waals surface area contributed by atoms with Gasteiger partial charge in [-0.2, -0.15) is 0 Å². The number of nitro groups is 1. The van der Waals surface area contributed by atoms with Gasteiger partial charge in [0.2, 0.25) is 12.5 Å². The number of benzene rings is 1. The molecule has 1 heterocycles. The molecule has 0 aromatic heterocycles. The third-order valence-electron chi connectivity index (χ3n) is 1.81. The van der Waals surface area contributed by atoms with Crippen LogP contribution in [0.3, 0.4) is 0 Å². The van der Waals surface area contributed by atoms with Gasteiger partial charge >= 0.3 is 5.69 Å². The molecule has 0 N–H and O–H groups in total. The fourth-order valence-electron chi connectivity index (χ4n) is 1.22. The first kappa shape index (κ1) is 8.49. The first-order chi connectivity index (χ1) is 6.72. The molecule has 1 aliphatic heterocycles. The topological polar surface area (TPSA) is 78.7 Å². The predicted octanol–water partition coefficient (Wildman–Crippen LogP) is 1.14. The Labute approximate surface area is 78.2 Å². The molecule has 6 heteroatoms. The summed E-state index contributed by atoms with van der Waals surface area (Å²) in [7, 11) is 0. The summed E-state index contributed by atoms with van der Waals surface area (Å²) >= 11 is 0. The summed E-state index contributed by atoms with van der Waals surface area (Å²) in [6.07, 6.45) is 0.523. The predicted molar refractivity (Wildman–Crippen MR) is 44.6 cm³/mol. The van der Waals surface area contributed by atoms with Crippen LogP contribution < -0.4 is 9.47 Å². The zero-order valence-corrected chi connectivity index (χ0v) is 6.93. The molecule has 0 amide bonds. The average Bonchev–Trinajstić information content (AvgIpc) is 2.63. The number of fused-ring (bicyclic) bond motifs is 1. The molecule has 0 atom stereocenters. The molecule has 14 heavy (non-hydrogen) atoms. The maximum atomic E-state index is 10.6. The summed E-state index contributed by atoms with van der Waals surface area (Å²) < 4.78 is 9.86. The highest BCUT2D eigenvalue weighted by Crippen LogP contribution is 2.41. The van der Waals surface area contributed by atoms with Crippen LogP contribution >= 0.6 is 0 Å². The fourth-order valence-corrected chi connectivity index (χ4v) is 1.22. The van der Waals surface area contributed by atoms with Gasteiger partial charge in [0.25, 0.3) is 0 Å². The Bertz CT molecular complexity index is 414. The highest BCUT2D eigenvalue weighted by Gasteiger charge is 2.26. The molecule has 0 saturated heterocycles. The van der Waals surface area contributed by atoms with Crippen molar-refractivity contribution < 1.29 is 19.2 Å². The Kier molecular flexibility index (Phi) is 1.81. The van der Waals surface area contributed by atoms with Crippen molar-refractivity contribution in [2.75, 3.05) is 6.79 Å². The lowest BCUT2D eigenvalue weighted by Gasteiger charge is -1.98. The molecule has 1 aromatic rings. The molecule has 0 spiro atoms. The molecule has 0 fully saturated rings. The molecule has 1 aliphatic rings. The van der Waals surface area contributed by atoms with Crippen molar-refractivity contribution in [1.82, 2.24) is 0 Å². The van der Waals surface area contributed by atoms with Crippen LogP contribution in [-0.4, -0.2) is 18.0 Å². The van der Waals surface area contributed by atoms with E-state index < -0.39 is 4.92 Å². The summed E-state index contributed by atoms with van der Waals surface area (Å²) in [4.78, 5) is 20.4. The van der Waals surface area contributed by atoms with Crippen molar-refractivity contribution in [2.24, 2.45) is 0 Å². The van der Waals surface area contributed by atoms with E-state index in [1.54, 1.807) is 0 Å². The second-order valence-electron chi connectivity index (χ2n) is 2.65. The van der Waals surface area contributed by atoms with Crippen molar-refractivity contribution in [3.05, 3.63) is 27.8 Å². The van der Waals surface area contributed by atoms with Crippen molar-refractivity contribution in [2.45, 2.75) is 0 Å². The zero-order chi connectivity index (χ0) is 10.1. The Morgan fingerprint density at radius 2 is 2.21 bits per heavy atom. The second kappa shape index (κ2) is 2.99. The minimum atomic E-state index is -0.611. The molecule has 2 rings (SSSR count). The van der Waals surface area contributed by atoms with E-state index in [1.165, 1.54) is 6.07 Å². The molecule has 0 bridgehead atoms. The Balaban J connectivity index is 2.63. The standard InChI is InChI=1S/C8H5NO5/c10-3-5-1-6(9(11)12)8-7(2-5)13-4-14-8/h1-3H,4H2. The molecular weight excluding hydrogens is 190 g/mol. The maximum Gasteiger partial charge on any atom is 0.315 e. The van der Waals surface area contributed by atoms with E-state index in [2.05, 4.69) is 0 Å². The van der Waals surface area contributed by atoms with Gasteiger partial charge in [0, 0.05) is 11.6 Å². The first-order valence-electron chi connectivity index (χ1n) is 3.75. The SMILES string of the molecule is O=Cc1cc2c(c([N+](=O)[O-])c1)OCO2. The normalized spacial score (nSPS) is 12.6. The highest BCUT2D eigenvalue weighted by atomic mass is 16.7. The van der Waals surface area contributed by atoms with Gasteiger partial charge in [-0.05, 0) is 6.07 Å². The third kappa shape index (κ3) is 1.17. The lowest BCUT2D eigenvalue weighted by molar-refractivity contribution is -0.385. The van der Waals surface area contributed by atoms with Crippen molar-refractivity contribution in [3.8, 4) is 11.5 Å². The Hall–Kier alpha value is -2.11. The smallest absolute Gasteiger partial charge is 0.315 e. The number of hydrogen-bond acceptors (Lipinski definition) is 5. The van der Waals surface area contributed by atoms with E-state index in [0.717, 1.165) is 6.07 Å². The van der Waals surface area contributed by atoms with Crippen molar-refractivity contribution in [1.29, 1.82) is 0 Å². The van der Waals surface area contributed by atoms with Crippen LogP contribution in [0.25, 0.3) is 0 Å². The van der Waals surface area contributed by atoms with Gasteiger partial charge in [0.05, 0.1) is 4.92 Å². The van der Waals surface area contributed by atoms with Crippen molar-refractivity contribution >= 4 is 12.0 Å². The number of aldehydes is 1. The average molecular weight is 195 g/mol. The summed E-state index contributed by atoms with van der Waals surface area (Å²) in [6, 6.07) is 2.56. The summed E-state index contributed by atoms with van der Waals surface area (Å²) in [5.41, 5.74) is -0.0527. The van der Waals surface area contributed by atoms with Gasteiger partial charge in [-0.1, -0.05) is 0 Å². The molecule has 1 aromatic carbocycles. The molecule has 6 nitrogen and oxygen atoms in total. The number of hydrogen-bond donors (Lipinski definition) is 0. The number of nitrogens with zero attached hydrogens (tertiary/aromatic N) is 1. The summed E-state index contributed by atoms with van der Waals surface area (Å²) in [5, 5.41) is 10.6. The molecule has 0 aliphatic carbocycles. The van der Waals surface area contributed by atoms with Gasteiger partial charge in [-0.15, -0.1) is 0 Å². The van der Waals surface area contributed by atoms with E-state index in [-0.39, 0.29) is 29.5 Å². The second-order valence-corrected chi connectivity index (χ2v) is 2.65. The number of carbonyl (C=O) groups is 1. The van der Waals surface area contributed by atoms with Crippen LogP contribution in [0.15, 0.2) is 12.1 Å². The van der Waals surface area contributed by atoms with Crippen LogP contribution in [0.1, 0.15) is 10.4 Å². The van der Waals surface area contributed by atoms with E-state index in [1.807, 2.05) is 0 Å². The lowest BCUT2D eigenvalue weighted by atomic mass is 10.2. The van der Waals surface area contributed by atoms with E-state index in [9.17, 15) is 14.9 Å². The van der Waals surface area contributed by atoms with E-state index in [0.29, 0.717) is 6.29 Å². The molecule has 0 radical (unpaired) electrons. The van der Waals surface area contributed by atoms with Gasteiger partial charge in [-0.25, -0.2) is 0 Å². The molecular formula is C8H5NO5. The van der Waals surface area contributed by atoms with Crippen LogP contribution in [0.4, 0.5) is 5.69 Å². The zero-order valence-electron chi connectivity index (χ0n) is 6.93. The van der Waals surface area contributed by atoms with Crippen LogP contribution in [0.2, 0.25) is 0 Å². The third-order valence-corrected chi connectivity index (χ3v) is 1.81. The largest absolute Gasteiger partial charge is 0.453 e. The minimum Gasteiger partial charge on any atom is -0.453 e. The quantitative estimate of drug-likeness (QED) is 0.401. The van der Waals surface area contributed by atoms with Crippen LogP contribution in [-0.2, 0) is 0 Å². The van der Waals surface area contributed by atoms with Gasteiger partial charge in [0.1, 0.15) is 6.29 Å². The van der Waals surface area contributed by atoms with Gasteiger partial charge < -0.3 is 9.47 Å². The van der Waals surface area contributed by atoms with Gasteiger partial charge in [-0.3, -0.25) is 14.9 Å². The Morgan fingerprint density at radius 3 is 2.86 bits per heavy atom. The van der Waals surface area contributed by atoms with Gasteiger partial charge in [0.15, 0.2) is 5.75 Å². The molecule has 0 unspecified atom stereocenters. The van der Waals surface area contributed by atoms with Crippen LogP contribution in [0, 0.1) is 10.1 Å². The molecule has 0 saturated carbocycles. The minimum absolute atomic E-state index is 0.0571. The van der Waals surface area contributed by atoms with Crippen molar-refractivity contribution in [3.63, 3.8) is 0 Å². The summed E-state index contributed by atoms with van der Waals surface area (Å²) in [5.74, 6) is 0.321. The van der Waals surface area contributed by atoms with E-state index in [4.69, 9.17) is 9.47 Å². The number of carbonyl (C=O) groups excluding carboxylic acids is 1. The number of nitro benzene ring substituents is 1. The summed E-state index contributed by atoms with van der Waals surface area (Å²) in [6.45, 7) is -0.0571.